The monoisotopic (exact) mass is 367 g/mol. The normalized spacial score (nSPS) is 16.8. The first kappa shape index (κ1) is 16.0. The molecule has 0 bridgehead atoms. The van der Waals surface area contributed by atoms with Gasteiger partial charge in [0.25, 0.3) is 5.89 Å². The molecule has 3 aromatic rings. The van der Waals surface area contributed by atoms with Gasteiger partial charge in [0.1, 0.15) is 0 Å². The fourth-order valence-corrected chi connectivity index (χ4v) is 4.93. The van der Waals surface area contributed by atoms with Crippen LogP contribution in [-0.2, 0) is 30.7 Å². The highest BCUT2D eigenvalue weighted by Gasteiger charge is 2.20. The van der Waals surface area contributed by atoms with Gasteiger partial charge in [-0.3, -0.25) is 0 Å². The van der Waals surface area contributed by atoms with Crippen LogP contribution in [0.5, 0.6) is 0 Å². The van der Waals surface area contributed by atoms with Crippen molar-refractivity contribution in [2.24, 2.45) is 0 Å². The van der Waals surface area contributed by atoms with Gasteiger partial charge in [-0.1, -0.05) is 18.2 Å². The molecule has 0 saturated carbocycles. The molecule has 5 nitrogen and oxygen atoms in total. The van der Waals surface area contributed by atoms with E-state index in [1.165, 1.54) is 47.4 Å². The number of hydrogen-bond donors (Lipinski definition) is 0. The lowest BCUT2D eigenvalue weighted by Gasteiger charge is -2.22. The van der Waals surface area contributed by atoms with Crippen LogP contribution in [0.25, 0.3) is 10.8 Å². The Morgan fingerprint density at radius 3 is 2.96 bits per heavy atom. The lowest BCUT2D eigenvalue weighted by atomic mass is 9.99. The molecule has 5 rings (SSSR count). The van der Waals surface area contributed by atoms with E-state index in [4.69, 9.17) is 9.15 Å². The minimum Gasteiger partial charge on any atom is -0.418 e. The standard InChI is InChI=1S/C20H21N3O2S/c1-3-7-16-15(6-1)13-24-10-9-23(16)12-19-21-22-20(25-19)18-11-14-5-2-4-8-17(14)26-18/h1,3,6-7,11H,2,4-5,8-10,12-13H2. The fraction of sp³-hybridized carbons (Fsp3) is 0.400. The number of para-hydroxylation sites is 1. The van der Waals surface area contributed by atoms with E-state index in [1.807, 2.05) is 11.3 Å². The molecule has 0 saturated heterocycles. The molecule has 26 heavy (non-hydrogen) atoms. The molecule has 0 N–H and O–H groups in total. The summed E-state index contributed by atoms with van der Waals surface area (Å²) < 4.78 is 11.7. The second-order valence-corrected chi connectivity index (χ2v) is 8.01. The third-order valence-corrected chi connectivity index (χ3v) is 6.32. The van der Waals surface area contributed by atoms with Crippen molar-refractivity contribution in [3.05, 3.63) is 52.2 Å². The maximum atomic E-state index is 6.01. The SMILES string of the molecule is c1ccc2c(c1)COCCN2Cc1nnc(-c2cc3c(s2)CCCC3)o1. The number of hydrogen-bond acceptors (Lipinski definition) is 6. The lowest BCUT2D eigenvalue weighted by molar-refractivity contribution is 0.132. The summed E-state index contributed by atoms with van der Waals surface area (Å²) in [4.78, 5) is 4.86. The molecule has 1 aliphatic carbocycles. The second kappa shape index (κ2) is 6.85. The summed E-state index contributed by atoms with van der Waals surface area (Å²) in [5, 5.41) is 8.61. The number of thiophene rings is 1. The highest BCUT2D eigenvalue weighted by atomic mass is 32.1. The van der Waals surface area contributed by atoms with Crippen molar-refractivity contribution in [3.63, 3.8) is 0 Å². The number of anilines is 1. The number of benzene rings is 1. The highest BCUT2D eigenvalue weighted by Crippen LogP contribution is 2.35. The van der Waals surface area contributed by atoms with Gasteiger partial charge in [-0.05, 0) is 43.4 Å². The molecule has 0 radical (unpaired) electrons. The number of aromatic nitrogens is 2. The van der Waals surface area contributed by atoms with E-state index in [0.29, 0.717) is 31.5 Å². The van der Waals surface area contributed by atoms with E-state index in [9.17, 15) is 0 Å². The Kier molecular flexibility index (Phi) is 4.22. The van der Waals surface area contributed by atoms with Crippen LogP contribution >= 0.6 is 11.3 Å². The molecule has 3 heterocycles. The van der Waals surface area contributed by atoms with Crippen LogP contribution in [0, 0.1) is 0 Å². The zero-order valence-electron chi connectivity index (χ0n) is 14.6. The summed E-state index contributed by atoms with van der Waals surface area (Å²) in [6, 6.07) is 10.6. The quantitative estimate of drug-likeness (QED) is 0.694. The molecule has 0 unspecified atom stereocenters. The summed E-state index contributed by atoms with van der Waals surface area (Å²) in [6.07, 6.45) is 4.94. The van der Waals surface area contributed by atoms with Gasteiger partial charge in [-0.15, -0.1) is 21.5 Å². The minimum atomic E-state index is 0.610. The third-order valence-electron chi connectivity index (χ3n) is 5.10. The number of aryl methyl sites for hydroxylation is 2. The number of nitrogens with zero attached hydrogens (tertiary/aromatic N) is 3. The van der Waals surface area contributed by atoms with Crippen LogP contribution in [-0.4, -0.2) is 23.3 Å². The lowest BCUT2D eigenvalue weighted by Crippen LogP contribution is -2.25. The van der Waals surface area contributed by atoms with Gasteiger partial charge in [-0.2, -0.15) is 0 Å². The number of fused-ring (bicyclic) bond motifs is 2. The Morgan fingerprint density at radius 2 is 2.00 bits per heavy atom. The molecule has 0 spiro atoms. The van der Waals surface area contributed by atoms with Crippen molar-refractivity contribution in [1.82, 2.24) is 10.2 Å². The van der Waals surface area contributed by atoms with Crippen molar-refractivity contribution in [3.8, 4) is 10.8 Å². The zero-order chi connectivity index (χ0) is 17.3. The van der Waals surface area contributed by atoms with E-state index in [0.717, 1.165) is 11.4 Å². The summed E-state index contributed by atoms with van der Waals surface area (Å²) in [7, 11) is 0. The minimum absolute atomic E-state index is 0.610. The first-order chi connectivity index (χ1) is 12.9. The summed E-state index contributed by atoms with van der Waals surface area (Å²) in [5.74, 6) is 1.31. The molecular weight excluding hydrogens is 346 g/mol. The van der Waals surface area contributed by atoms with Crippen molar-refractivity contribution in [1.29, 1.82) is 0 Å². The fourth-order valence-electron chi connectivity index (χ4n) is 3.76. The van der Waals surface area contributed by atoms with E-state index in [-0.39, 0.29) is 0 Å². The van der Waals surface area contributed by atoms with Crippen LogP contribution < -0.4 is 4.90 Å². The molecule has 0 atom stereocenters. The maximum Gasteiger partial charge on any atom is 0.257 e. The Bertz CT molecular complexity index is 894. The average Bonchev–Trinajstić information content (AvgIpc) is 3.26. The van der Waals surface area contributed by atoms with E-state index in [1.54, 1.807) is 0 Å². The molecule has 0 fully saturated rings. The molecule has 0 amide bonds. The highest BCUT2D eigenvalue weighted by molar-refractivity contribution is 7.15. The summed E-state index contributed by atoms with van der Waals surface area (Å²) in [6.45, 7) is 2.79. The Labute approximate surface area is 156 Å². The van der Waals surface area contributed by atoms with Crippen molar-refractivity contribution < 1.29 is 9.15 Å². The van der Waals surface area contributed by atoms with Gasteiger partial charge in [0.2, 0.25) is 5.89 Å². The largest absolute Gasteiger partial charge is 0.418 e. The van der Waals surface area contributed by atoms with Crippen LogP contribution in [0.2, 0.25) is 0 Å². The topological polar surface area (TPSA) is 51.4 Å². The number of ether oxygens (including phenoxy) is 1. The average molecular weight is 367 g/mol. The van der Waals surface area contributed by atoms with Gasteiger partial charge in [0.05, 0.1) is 24.6 Å². The van der Waals surface area contributed by atoms with Crippen molar-refractivity contribution >= 4 is 17.0 Å². The smallest absolute Gasteiger partial charge is 0.257 e. The van der Waals surface area contributed by atoms with Gasteiger partial charge in [0.15, 0.2) is 0 Å². The Hall–Kier alpha value is -2.18. The van der Waals surface area contributed by atoms with Crippen LogP contribution in [0.1, 0.15) is 34.7 Å². The molecule has 1 aromatic carbocycles. The van der Waals surface area contributed by atoms with Crippen LogP contribution in [0.3, 0.4) is 0 Å². The van der Waals surface area contributed by atoms with E-state index < -0.39 is 0 Å². The summed E-state index contributed by atoms with van der Waals surface area (Å²) >= 11 is 1.81. The number of rotatable bonds is 3. The molecule has 1 aliphatic heterocycles. The zero-order valence-corrected chi connectivity index (χ0v) is 15.4. The van der Waals surface area contributed by atoms with Gasteiger partial charge in [-0.25, -0.2) is 0 Å². The first-order valence-electron chi connectivity index (χ1n) is 9.22. The molecule has 134 valence electrons. The molecule has 6 heteroatoms. The van der Waals surface area contributed by atoms with E-state index >= 15 is 0 Å². The first-order valence-corrected chi connectivity index (χ1v) is 10.0. The molecular formula is C20H21N3O2S. The Balaban J connectivity index is 1.38. The summed E-state index contributed by atoms with van der Waals surface area (Å²) in [5.41, 5.74) is 3.86. The van der Waals surface area contributed by atoms with Crippen LogP contribution in [0.15, 0.2) is 34.7 Å². The van der Waals surface area contributed by atoms with Crippen LogP contribution in [0.4, 0.5) is 5.69 Å². The van der Waals surface area contributed by atoms with Gasteiger partial charge in [0, 0.05) is 22.7 Å². The maximum absolute atomic E-state index is 6.01. The van der Waals surface area contributed by atoms with Gasteiger partial charge < -0.3 is 14.1 Å². The predicted octanol–water partition coefficient (Wildman–Crippen LogP) is 4.21. The van der Waals surface area contributed by atoms with Crippen molar-refractivity contribution in [2.75, 3.05) is 18.1 Å². The Morgan fingerprint density at radius 1 is 1.08 bits per heavy atom. The third kappa shape index (κ3) is 3.04. The predicted molar refractivity (Wildman–Crippen MR) is 101 cm³/mol. The second-order valence-electron chi connectivity index (χ2n) is 6.87. The van der Waals surface area contributed by atoms with E-state index in [2.05, 4.69) is 45.4 Å². The van der Waals surface area contributed by atoms with Gasteiger partial charge >= 0.3 is 0 Å². The molecule has 2 aromatic heterocycles. The molecule has 2 aliphatic rings. The van der Waals surface area contributed by atoms with Crippen molar-refractivity contribution in [2.45, 2.75) is 38.8 Å².